The number of halogens is 2. The van der Waals surface area contributed by atoms with Gasteiger partial charge in [0.1, 0.15) is 0 Å². The topological polar surface area (TPSA) is 20.3 Å². The minimum atomic E-state index is -0.883. The van der Waals surface area contributed by atoms with Crippen molar-refractivity contribution < 1.29 is 4.21 Å². The van der Waals surface area contributed by atoms with E-state index < -0.39 is 10.8 Å². The van der Waals surface area contributed by atoms with Crippen LogP contribution in [0.4, 0.5) is 5.69 Å². The standard InChI is InChI=1S/C13H19Cl2NOS/c1-2-11-18(17)13-5-3-12(4-6-13)16(9-7-14)10-8-15/h3-6H,2,7-11H2,1H3/t18-/m1/s1. The van der Waals surface area contributed by atoms with Crippen LogP contribution in [0.5, 0.6) is 0 Å². The SMILES string of the molecule is CCC[S@@](=O)c1ccc(N(CCCl)CCCl)cc1. The lowest BCUT2D eigenvalue weighted by atomic mass is 10.3. The molecule has 102 valence electrons. The van der Waals surface area contributed by atoms with Gasteiger partial charge in [-0.3, -0.25) is 4.21 Å². The summed E-state index contributed by atoms with van der Waals surface area (Å²) in [7, 11) is -0.883. The molecule has 18 heavy (non-hydrogen) atoms. The average molecular weight is 308 g/mol. The Morgan fingerprint density at radius 1 is 1.11 bits per heavy atom. The fourth-order valence-electron chi connectivity index (χ4n) is 1.69. The van der Waals surface area contributed by atoms with Crippen molar-refractivity contribution >= 4 is 39.7 Å². The molecule has 5 heteroatoms. The van der Waals surface area contributed by atoms with Crippen molar-refractivity contribution in [3.8, 4) is 0 Å². The smallest absolute Gasteiger partial charge is 0.0529 e. The Bertz CT molecular complexity index is 364. The summed E-state index contributed by atoms with van der Waals surface area (Å²) in [5.41, 5.74) is 1.08. The molecule has 0 N–H and O–H groups in total. The summed E-state index contributed by atoms with van der Waals surface area (Å²) in [6.45, 7) is 3.58. The molecule has 0 saturated carbocycles. The number of alkyl halides is 2. The van der Waals surface area contributed by atoms with Gasteiger partial charge in [-0.15, -0.1) is 23.2 Å². The molecular formula is C13H19Cl2NOS. The maximum Gasteiger partial charge on any atom is 0.0529 e. The number of anilines is 1. The molecule has 1 aromatic carbocycles. The molecular weight excluding hydrogens is 289 g/mol. The van der Waals surface area contributed by atoms with Crippen LogP contribution in [0.2, 0.25) is 0 Å². The first-order chi connectivity index (χ1) is 8.72. The lowest BCUT2D eigenvalue weighted by Crippen LogP contribution is -2.27. The van der Waals surface area contributed by atoms with Crippen molar-refractivity contribution in [1.29, 1.82) is 0 Å². The van der Waals surface area contributed by atoms with Crippen LogP contribution in [0.25, 0.3) is 0 Å². The summed E-state index contributed by atoms with van der Waals surface area (Å²) in [4.78, 5) is 3.02. The Morgan fingerprint density at radius 2 is 1.67 bits per heavy atom. The first-order valence-electron chi connectivity index (χ1n) is 6.08. The zero-order valence-corrected chi connectivity index (χ0v) is 12.9. The second-order valence-electron chi connectivity index (χ2n) is 3.91. The highest BCUT2D eigenvalue weighted by atomic mass is 35.5. The van der Waals surface area contributed by atoms with Gasteiger partial charge in [0.25, 0.3) is 0 Å². The quantitative estimate of drug-likeness (QED) is 0.685. The lowest BCUT2D eigenvalue weighted by molar-refractivity contribution is 0.682. The van der Waals surface area contributed by atoms with Gasteiger partial charge in [0.2, 0.25) is 0 Å². The van der Waals surface area contributed by atoms with E-state index in [1.165, 1.54) is 0 Å². The Balaban J connectivity index is 2.76. The van der Waals surface area contributed by atoms with E-state index in [4.69, 9.17) is 23.2 Å². The van der Waals surface area contributed by atoms with Crippen LogP contribution in [0, 0.1) is 0 Å². The number of nitrogens with zero attached hydrogens (tertiary/aromatic N) is 1. The van der Waals surface area contributed by atoms with E-state index in [-0.39, 0.29) is 0 Å². The predicted molar refractivity (Wildman–Crippen MR) is 81.7 cm³/mol. The highest BCUT2D eigenvalue weighted by molar-refractivity contribution is 7.85. The molecule has 0 fully saturated rings. The first kappa shape index (κ1) is 15.8. The van der Waals surface area contributed by atoms with Gasteiger partial charge in [-0.25, -0.2) is 0 Å². The summed E-state index contributed by atoms with van der Waals surface area (Å²) in [6, 6.07) is 7.83. The lowest BCUT2D eigenvalue weighted by Gasteiger charge is -2.22. The minimum absolute atomic E-state index is 0.570. The van der Waals surface area contributed by atoms with E-state index in [2.05, 4.69) is 4.90 Å². The molecule has 0 amide bonds. The van der Waals surface area contributed by atoms with Gasteiger partial charge in [-0.05, 0) is 30.7 Å². The second-order valence-corrected chi connectivity index (χ2v) is 6.24. The molecule has 1 rings (SSSR count). The van der Waals surface area contributed by atoms with Crippen LogP contribution in [-0.2, 0) is 10.8 Å². The molecule has 0 heterocycles. The molecule has 2 nitrogen and oxygen atoms in total. The Hall–Kier alpha value is -0.250. The third kappa shape index (κ3) is 4.79. The van der Waals surface area contributed by atoms with E-state index in [9.17, 15) is 4.21 Å². The number of benzene rings is 1. The maximum absolute atomic E-state index is 11.8. The average Bonchev–Trinajstić information content (AvgIpc) is 2.39. The summed E-state index contributed by atoms with van der Waals surface area (Å²) < 4.78 is 11.8. The van der Waals surface area contributed by atoms with Crippen molar-refractivity contribution in [2.45, 2.75) is 18.2 Å². The molecule has 0 bridgehead atoms. The van der Waals surface area contributed by atoms with Gasteiger partial charge in [-0.1, -0.05) is 6.92 Å². The Kier molecular flexibility index (Phi) is 7.71. The van der Waals surface area contributed by atoms with Crippen LogP contribution >= 0.6 is 23.2 Å². The van der Waals surface area contributed by atoms with Crippen molar-refractivity contribution in [2.75, 3.05) is 35.5 Å². The highest BCUT2D eigenvalue weighted by Crippen LogP contribution is 2.17. The second kappa shape index (κ2) is 8.78. The van der Waals surface area contributed by atoms with Crippen LogP contribution in [0.15, 0.2) is 29.2 Å². The molecule has 1 atom stereocenters. The number of rotatable bonds is 8. The summed E-state index contributed by atoms with van der Waals surface area (Å²) in [6.07, 6.45) is 0.930. The molecule has 0 saturated heterocycles. The molecule has 0 unspecified atom stereocenters. The largest absolute Gasteiger partial charge is 0.369 e. The number of hydrogen-bond donors (Lipinski definition) is 0. The normalized spacial score (nSPS) is 12.4. The zero-order chi connectivity index (χ0) is 13.4. The van der Waals surface area contributed by atoms with Crippen LogP contribution in [0.3, 0.4) is 0 Å². The van der Waals surface area contributed by atoms with Gasteiger partial charge < -0.3 is 4.90 Å². The van der Waals surface area contributed by atoms with Gasteiger partial charge in [0.05, 0.1) is 10.8 Å². The number of hydrogen-bond acceptors (Lipinski definition) is 2. The van der Waals surface area contributed by atoms with E-state index in [1.54, 1.807) is 0 Å². The molecule has 0 aromatic heterocycles. The monoisotopic (exact) mass is 307 g/mol. The Morgan fingerprint density at radius 3 is 2.11 bits per heavy atom. The van der Waals surface area contributed by atoms with Gasteiger partial charge in [0.15, 0.2) is 0 Å². The fraction of sp³-hybridized carbons (Fsp3) is 0.538. The van der Waals surface area contributed by atoms with Crippen molar-refractivity contribution in [2.24, 2.45) is 0 Å². The minimum Gasteiger partial charge on any atom is -0.369 e. The molecule has 0 aliphatic rings. The third-order valence-corrected chi connectivity index (χ3v) is 4.48. The van der Waals surface area contributed by atoms with E-state index in [0.717, 1.165) is 30.1 Å². The van der Waals surface area contributed by atoms with E-state index in [1.807, 2.05) is 31.2 Å². The van der Waals surface area contributed by atoms with Gasteiger partial charge in [0, 0.05) is 41.2 Å². The summed E-state index contributed by atoms with van der Waals surface area (Å²) in [5.74, 6) is 1.85. The van der Waals surface area contributed by atoms with E-state index >= 15 is 0 Å². The highest BCUT2D eigenvalue weighted by Gasteiger charge is 2.07. The molecule has 0 aliphatic carbocycles. The predicted octanol–water partition coefficient (Wildman–Crippen LogP) is 3.49. The third-order valence-electron chi connectivity index (χ3n) is 2.56. The van der Waals surface area contributed by atoms with Gasteiger partial charge in [-0.2, -0.15) is 0 Å². The maximum atomic E-state index is 11.8. The van der Waals surface area contributed by atoms with Crippen LogP contribution < -0.4 is 4.90 Å². The molecule has 0 aliphatic heterocycles. The molecule has 0 radical (unpaired) electrons. The van der Waals surface area contributed by atoms with Gasteiger partial charge >= 0.3 is 0 Å². The zero-order valence-electron chi connectivity index (χ0n) is 10.6. The van der Waals surface area contributed by atoms with Crippen molar-refractivity contribution in [3.63, 3.8) is 0 Å². The van der Waals surface area contributed by atoms with Crippen molar-refractivity contribution in [1.82, 2.24) is 0 Å². The summed E-state index contributed by atoms with van der Waals surface area (Å²) in [5, 5.41) is 0. The Labute approximate surface area is 122 Å². The first-order valence-corrected chi connectivity index (χ1v) is 8.47. The molecule has 1 aromatic rings. The molecule has 0 spiro atoms. The van der Waals surface area contributed by atoms with E-state index in [0.29, 0.717) is 17.5 Å². The van der Waals surface area contributed by atoms with Crippen molar-refractivity contribution in [3.05, 3.63) is 24.3 Å². The van der Waals surface area contributed by atoms with Crippen LogP contribution in [0.1, 0.15) is 13.3 Å². The summed E-state index contributed by atoms with van der Waals surface area (Å²) >= 11 is 11.5. The fourth-order valence-corrected chi connectivity index (χ4v) is 3.14. The van der Waals surface area contributed by atoms with Crippen LogP contribution in [-0.4, -0.2) is 34.8 Å².